The number of nitrogens with zero attached hydrogens (tertiary/aromatic N) is 1. The highest BCUT2D eigenvalue weighted by Crippen LogP contribution is 2.44. The normalized spacial score (nSPS) is 11.4. The minimum absolute atomic E-state index is 0.658. The summed E-state index contributed by atoms with van der Waals surface area (Å²) in [5, 5.41) is 5.07. The molecule has 0 saturated carbocycles. The third-order valence-corrected chi connectivity index (χ3v) is 8.41. The summed E-state index contributed by atoms with van der Waals surface area (Å²) in [6, 6.07) is 55.0. The van der Waals surface area contributed by atoms with Gasteiger partial charge >= 0.3 is 0 Å². The quantitative estimate of drug-likeness (QED) is 0.204. The standard InChI is InChI=1S/C40H26ClNO/c41-37-25-36-35-13-7-8-14-39(35)43-40(36)26-38(37)42(33-20-17-29(18-21-33)27-9-3-1-4-10-27)34-22-19-31-23-30(15-16-32(31)24-34)28-11-5-2-6-12-28/h1-26H. The summed E-state index contributed by atoms with van der Waals surface area (Å²) in [5.74, 6) is 0. The zero-order chi connectivity index (χ0) is 28.8. The largest absolute Gasteiger partial charge is 0.456 e. The van der Waals surface area contributed by atoms with E-state index in [1.54, 1.807) is 0 Å². The van der Waals surface area contributed by atoms with Crippen molar-refractivity contribution in [3.05, 3.63) is 163 Å². The second kappa shape index (κ2) is 10.5. The lowest BCUT2D eigenvalue weighted by atomic mass is 10.0. The van der Waals surface area contributed by atoms with Crippen molar-refractivity contribution in [1.29, 1.82) is 0 Å². The molecule has 0 fully saturated rings. The molecule has 0 radical (unpaired) electrons. The van der Waals surface area contributed by atoms with Crippen molar-refractivity contribution in [1.82, 2.24) is 0 Å². The van der Waals surface area contributed by atoms with E-state index in [0.29, 0.717) is 5.02 Å². The van der Waals surface area contributed by atoms with Crippen LogP contribution >= 0.6 is 11.6 Å². The molecular formula is C40H26ClNO. The van der Waals surface area contributed by atoms with Crippen molar-refractivity contribution in [2.75, 3.05) is 4.90 Å². The van der Waals surface area contributed by atoms with Crippen molar-refractivity contribution in [3.63, 3.8) is 0 Å². The molecule has 0 spiro atoms. The lowest BCUT2D eigenvalue weighted by Crippen LogP contribution is -2.10. The minimum atomic E-state index is 0.658. The number of rotatable bonds is 5. The van der Waals surface area contributed by atoms with E-state index in [9.17, 15) is 0 Å². The third-order valence-electron chi connectivity index (χ3n) is 8.11. The Hall–Kier alpha value is -5.31. The first-order valence-electron chi connectivity index (χ1n) is 14.4. The van der Waals surface area contributed by atoms with Crippen molar-refractivity contribution in [2.24, 2.45) is 0 Å². The lowest BCUT2D eigenvalue weighted by Gasteiger charge is -2.27. The molecule has 0 atom stereocenters. The number of anilines is 3. The van der Waals surface area contributed by atoms with E-state index in [1.165, 1.54) is 22.1 Å². The van der Waals surface area contributed by atoms with Crippen molar-refractivity contribution in [2.45, 2.75) is 0 Å². The molecule has 1 aromatic heterocycles. The van der Waals surface area contributed by atoms with Crippen LogP contribution in [0.15, 0.2) is 162 Å². The SMILES string of the molecule is Clc1cc2c(cc1N(c1ccc(-c3ccccc3)cc1)c1ccc3cc(-c4ccccc4)ccc3c1)oc1ccccc12. The van der Waals surface area contributed by atoms with Gasteiger partial charge in [-0.25, -0.2) is 0 Å². The molecule has 1 heterocycles. The molecule has 3 heteroatoms. The molecular weight excluding hydrogens is 546 g/mol. The van der Waals surface area contributed by atoms with E-state index >= 15 is 0 Å². The van der Waals surface area contributed by atoms with Crippen LogP contribution in [0, 0.1) is 0 Å². The topological polar surface area (TPSA) is 16.4 Å². The van der Waals surface area contributed by atoms with E-state index in [4.69, 9.17) is 16.0 Å². The van der Waals surface area contributed by atoms with Crippen LogP contribution in [0.1, 0.15) is 0 Å². The van der Waals surface area contributed by atoms with Gasteiger partial charge in [-0.3, -0.25) is 0 Å². The minimum Gasteiger partial charge on any atom is -0.456 e. The zero-order valence-electron chi connectivity index (χ0n) is 23.2. The Labute approximate surface area is 255 Å². The number of hydrogen-bond acceptors (Lipinski definition) is 2. The highest BCUT2D eigenvalue weighted by Gasteiger charge is 2.19. The van der Waals surface area contributed by atoms with E-state index in [0.717, 1.165) is 50.0 Å². The van der Waals surface area contributed by atoms with Gasteiger partial charge in [-0.2, -0.15) is 0 Å². The van der Waals surface area contributed by atoms with Crippen LogP contribution in [0.25, 0.3) is 55.0 Å². The van der Waals surface area contributed by atoms with Crippen molar-refractivity contribution in [3.8, 4) is 22.3 Å². The molecule has 0 N–H and O–H groups in total. The molecule has 0 unspecified atom stereocenters. The van der Waals surface area contributed by atoms with Gasteiger partial charge in [-0.1, -0.05) is 121 Å². The fourth-order valence-electron chi connectivity index (χ4n) is 5.95. The molecule has 0 aliphatic rings. The van der Waals surface area contributed by atoms with Crippen LogP contribution in [-0.4, -0.2) is 0 Å². The highest BCUT2D eigenvalue weighted by atomic mass is 35.5. The van der Waals surface area contributed by atoms with Crippen LogP contribution in [0.2, 0.25) is 5.02 Å². The molecule has 8 aromatic rings. The smallest absolute Gasteiger partial charge is 0.137 e. The van der Waals surface area contributed by atoms with Gasteiger partial charge in [0.05, 0.1) is 10.7 Å². The number of hydrogen-bond donors (Lipinski definition) is 0. The van der Waals surface area contributed by atoms with Gasteiger partial charge in [0, 0.05) is 28.2 Å². The van der Waals surface area contributed by atoms with Gasteiger partial charge in [-0.05, 0) is 75.5 Å². The third kappa shape index (κ3) is 4.63. The average molecular weight is 572 g/mol. The van der Waals surface area contributed by atoms with Crippen LogP contribution in [0.4, 0.5) is 17.1 Å². The summed E-state index contributed by atoms with van der Waals surface area (Å²) in [4.78, 5) is 2.22. The Morgan fingerprint density at radius 2 is 1.00 bits per heavy atom. The Morgan fingerprint density at radius 1 is 0.419 bits per heavy atom. The summed E-state index contributed by atoms with van der Waals surface area (Å²) < 4.78 is 6.29. The predicted molar refractivity (Wildman–Crippen MR) is 182 cm³/mol. The summed E-state index contributed by atoms with van der Waals surface area (Å²) >= 11 is 7.11. The van der Waals surface area contributed by atoms with Crippen molar-refractivity contribution >= 4 is 61.4 Å². The lowest BCUT2D eigenvalue weighted by molar-refractivity contribution is 0.669. The van der Waals surface area contributed by atoms with E-state index < -0.39 is 0 Å². The average Bonchev–Trinajstić information content (AvgIpc) is 3.43. The summed E-state index contributed by atoms with van der Waals surface area (Å²) in [6.45, 7) is 0. The van der Waals surface area contributed by atoms with Crippen molar-refractivity contribution < 1.29 is 4.42 Å². The van der Waals surface area contributed by atoms with Gasteiger partial charge in [0.2, 0.25) is 0 Å². The van der Waals surface area contributed by atoms with Crippen LogP contribution in [0.5, 0.6) is 0 Å². The first-order chi connectivity index (χ1) is 21.2. The second-order valence-corrected chi connectivity index (χ2v) is 11.2. The number of halogens is 1. The maximum atomic E-state index is 7.11. The fraction of sp³-hybridized carbons (Fsp3) is 0. The molecule has 8 rings (SSSR count). The molecule has 0 bridgehead atoms. The molecule has 0 aliphatic carbocycles. The van der Waals surface area contributed by atoms with Gasteiger partial charge in [0.25, 0.3) is 0 Å². The van der Waals surface area contributed by atoms with Crippen LogP contribution < -0.4 is 4.90 Å². The monoisotopic (exact) mass is 571 g/mol. The zero-order valence-corrected chi connectivity index (χ0v) is 24.0. The highest BCUT2D eigenvalue weighted by molar-refractivity contribution is 6.35. The van der Waals surface area contributed by atoms with Gasteiger partial charge in [0.1, 0.15) is 11.2 Å². The Kier molecular flexibility index (Phi) is 6.21. The Morgan fingerprint density at radius 3 is 1.77 bits per heavy atom. The first kappa shape index (κ1) is 25.4. The maximum absolute atomic E-state index is 7.11. The van der Waals surface area contributed by atoms with Gasteiger partial charge in [0.15, 0.2) is 0 Å². The predicted octanol–water partition coefficient (Wildman–Crippen LogP) is 12.2. The summed E-state index contributed by atoms with van der Waals surface area (Å²) in [5.41, 5.74) is 9.30. The first-order valence-corrected chi connectivity index (χ1v) is 14.7. The molecule has 0 aliphatic heterocycles. The molecule has 43 heavy (non-hydrogen) atoms. The van der Waals surface area contributed by atoms with Gasteiger partial charge in [-0.15, -0.1) is 0 Å². The number of benzene rings is 7. The number of para-hydroxylation sites is 1. The van der Waals surface area contributed by atoms with Gasteiger partial charge < -0.3 is 9.32 Å². The molecule has 2 nitrogen and oxygen atoms in total. The molecule has 0 amide bonds. The second-order valence-electron chi connectivity index (χ2n) is 10.8. The van der Waals surface area contributed by atoms with E-state index in [1.807, 2.05) is 36.4 Å². The van der Waals surface area contributed by atoms with Crippen LogP contribution in [-0.2, 0) is 0 Å². The Balaban J connectivity index is 1.28. The fourth-order valence-corrected chi connectivity index (χ4v) is 6.20. The number of fused-ring (bicyclic) bond motifs is 4. The van der Waals surface area contributed by atoms with Crippen LogP contribution in [0.3, 0.4) is 0 Å². The molecule has 204 valence electrons. The Bertz CT molecular complexity index is 2240. The van der Waals surface area contributed by atoms with E-state index in [-0.39, 0.29) is 0 Å². The molecule has 0 saturated heterocycles. The molecule has 7 aromatic carbocycles. The maximum Gasteiger partial charge on any atom is 0.137 e. The summed E-state index contributed by atoms with van der Waals surface area (Å²) in [7, 11) is 0. The number of furan rings is 1. The van der Waals surface area contributed by atoms with E-state index in [2.05, 4.69) is 126 Å². The summed E-state index contributed by atoms with van der Waals surface area (Å²) in [6.07, 6.45) is 0.